The SMILES string of the molecule is c1ccc(-c2nc(-c3ccc(-c4cc5ccccc5c5ccccc45)cc3)nc(-c3ccc4c(c3)C3(c5ccccc5Oc5ccccc53)c3ccccc3-4)n2)cc1. The highest BCUT2D eigenvalue weighted by Gasteiger charge is 2.51. The quantitative estimate of drug-likeness (QED) is 0.169. The molecule has 0 bridgehead atoms. The highest BCUT2D eigenvalue weighted by molar-refractivity contribution is 6.13. The van der Waals surface area contributed by atoms with Crippen molar-refractivity contribution in [1.29, 1.82) is 0 Å². The smallest absolute Gasteiger partial charge is 0.164 e. The molecule has 4 heteroatoms. The van der Waals surface area contributed by atoms with Crippen molar-refractivity contribution >= 4 is 21.5 Å². The van der Waals surface area contributed by atoms with Crippen molar-refractivity contribution in [2.45, 2.75) is 5.41 Å². The van der Waals surface area contributed by atoms with Gasteiger partial charge in [0.2, 0.25) is 0 Å². The zero-order valence-corrected chi connectivity index (χ0v) is 31.3. The van der Waals surface area contributed by atoms with E-state index in [4.69, 9.17) is 19.7 Å². The number of rotatable bonds is 4. The standard InChI is InChI=1S/C54H33N3O/c1-2-14-35(15-3-1)51-55-52(36-28-26-34(27-29-36)44-32-37-16-4-5-17-39(37)40-18-6-7-19-41(40)44)57-53(56-51)38-30-31-43-42-20-8-9-21-45(42)54(48(43)33-38)46-22-10-12-24-49(46)58-50-25-13-11-23-47(50)54/h1-33H. The van der Waals surface area contributed by atoms with E-state index in [1.54, 1.807) is 0 Å². The number of ether oxygens (including phenoxy) is 1. The van der Waals surface area contributed by atoms with Crippen LogP contribution in [0.1, 0.15) is 22.3 Å². The maximum absolute atomic E-state index is 6.58. The van der Waals surface area contributed by atoms with Gasteiger partial charge in [-0.05, 0) is 79.2 Å². The van der Waals surface area contributed by atoms with E-state index in [1.165, 1.54) is 49.4 Å². The van der Waals surface area contributed by atoms with Crippen molar-refractivity contribution in [2.24, 2.45) is 0 Å². The molecular formula is C54H33N3O. The second-order valence-corrected chi connectivity index (χ2v) is 15.1. The van der Waals surface area contributed by atoms with Crippen molar-refractivity contribution in [2.75, 3.05) is 0 Å². The summed E-state index contributed by atoms with van der Waals surface area (Å²) in [6.45, 7) is 0. The monoisotopic (exact) mass is 739 g/mol. The summed E-state index contributed by atoms with van der Waals surface area (Å²) in [5.41, 5.74) is 11.6. The number of benzene rings is 9. The third-order valence-electron chi connectivity index (χ3n) is 12.0. The maximum atomic E-state index is 6.58. The van der Waals surface area contributed by atoms with E-state index in [0.29, 0.717) is 17.5 Å². The predicted molar refractivity (Wildman–Crippen MR) is 234 cm³/mol. The first-order chi connectivity index (χ1) is 28.7. The number of hydrogen-bond donors (Lipinski definition) is 0. The van der Waals surface area contributed by atoms with E-state index in [0.717, 1.165) is 44.9 Å². The Morgan fingerprint density at radius 2 is 0.810 bits per heavy atom. The lowest BCUT2D eigenvalue weighted by molar-refractivity contribution is 0.436. The summed E-state index contributed by atoms with van der Waals surface area (Å²) < 4.78 is 6.58. The molecule has 9 aromatic carbocycles. The first-order valence-corrected chi connectivity index (χ1v) is 19.7. The molecule has 2 aliphatic rings. The van der Waals surface area contributed by atoms with Crippen molar-refractivity contribution in [3.05, 3.63) is 222 Å². The molecule has 12 rings (SSSR count). The van der Waals surface area contributed by atoms with E-state index >= 15 is 0 Å². The molecule has 0 atom stereocenters. The summed E-state index contributed by atoms with van der Waals surface area (Å²) >= 11 is 0. The van der Waals surface area contributed by atoms with Crippen LogP contribution in [-0.4, -0.2) is 15.0 Å². The lowest BCUT2D eigenvalue weighted by atomic mass is 9.66. The molecule has 1 aliphatic heterocycles. The van der Waals surface area contributed by atoms with Gasteiger partial charge in [0.05, 0.1) is 5.41 Å². The molecule has 0 amide bonds. The Balaban J connectivity index is 1.04. The van der Waals surface area contributed by atoms with E-state index in [1.807, 2.05) is 30.3 Å². The van der Waals surface area contributed by atoms with Crippen LogP contribution < -0.4 is 4.74 Å². The predicted octanol–water partition coefficient (Wildman–Crippen LogP) is 13.3. The Morgan fingerprint density at radius 3 is 1.53 bits per heavy atom. The van der Waals surface area contributed by atoms with Gasteiger partial charge < -0.3 is 4.74 Å². The Kier molecular flexibility index (Phi) is 7.11. The molecule has 10 aromatic rings. The zero-order chi connectivity index (χ0) is 38.2. The molecule has 0 radical (unpaired) electrons. The molecule has 1 spiro atoms. The highest BCUT2D eigenvalue weighted by Crippen LogP contribution is 2.62. The van der Waals surface area contributed by atoms with Crippen molar-refractivity contribution in [1.82, 2.24) is 15.0 Å². The molecule has 1 aromatic heterocycles. The Hall–Kier alpha value is -7.69. The molecule has 2 heterocycles. The van der Waals surface area contributed by atoms with E-state index in [9.17, 15) is 0 Å². The summed E-state index contributed by atoms with van der Waals surface area (Å²) in [5.74, 6) is 3.60. The molecule has 0 N–H and O–H groups in total. The molecule has 0 fully saturated rings. The van der Waals surface area contributed by atoms with Gasteiger partial charge in [-0.1, -0.05) is 176 Å². The first-order valence-electron chi connectivity index (χ1n) is 19.7. The van der Waals surface area contributed by atoms with E-state index in [2.05, 4.69) is 170 Å². The summed E-state index contributed by atoms with van der Waals surface area (Å²) in [6.07, 6.45) is 0. The molecule has 58 heavy (non-hydrogen) atoms. The van der Waals surface area contributed by atoms with Crippen LogP contribution >= 0.6 is 0 Å². The van der Waals surface area contributed by atoms with Crippen LogP contribution in [0.4, 0.5) is 0 Å². The second-order valence-electron chi connectivity index (χ2n) is 15.1. The minimum Gasteiger partial charge on any atom is -0.457 e. The molecule has 0 unspecified atom stereocenters. The summed E-state index contributed by atoms with van der Waals surface area (Å²) in [5, 5.41) is 4.97. The van der Waals surface area contributed by atoms with Gasteiger partial charge in [0.15, 0.2) is 17.5 Å². The van der Waals surface area contributed by atoms with Crippen LogP contribution in [0.2, 0.25) is 0 Å². The number of hydrogen-bond acceptors (Lipinski definition) is 4. The van der Waals surface area contributed by atoms with Crippen LogP contribution in [0, 0.1) is 0 Å². The Bertz CT molecular complexity index is 3220. The van der Waals surface area contributed by atoms with Crippen molar-refractivity contribution < 1.29 is 4.74 Å². The van der Waals surface area contributed by atoms with Crippen LogP contribution in [0.5, 0.6) is 11.5 Å². The van der Waals surface area contributed by atoms with Gasteiger partial charge in [0, 0.05) is 27.8 Å². The van der Waals surface area contributed by atoms with Crippen molar-refractivity contribution in [3.63, 3.8) is 0 Å². The zero-order valence-electron chi connectivity index (χ0n) is 31.3. The number of fused-ring (bicyclic) bond motifs is 12. The Morgan fingerprint density at radius 1 is 0.310 bits per heavy atom. The summed E-state index contributed by atoms with van der Waals surface area (Å²) in [6, 6.07) is 70.8. The van der Waals surface area contributed by atoms with Gasteiger partial charge in [-0.25, -0.2) is 15.0 Å². The largest absolute Gasteiger partial charge is 0.457 e. The number of aromatic nitrogens is 3. The fourth-order valence-corrected chi connectivity index (χ4v) is 9.44. The lowest BCUT2D eigenvalue weighted by Gasteiger charge is -2.39. The van der Waals surface area contributed by atoms with E-state index < -0.39 is 5.41 Å². The van der Waals surface area contributed by atoms with Crippen molar-refractivity contribution in [3.8, 4) is 67.9 Å². The van der Waals surface area contributed by atoms with E-state index in [-0.39, 0.29) is 0 Å². The van der Waals surface area contributed by atoms with Crippen LogP contribution in [-0.2, 0) is 5.41 Å². The molecule has 0 saturated heterocycles. The van der Waals surface area contributed by atoms with Gasteiger partial charge >= 0.3 is 0 Å². The normalized spacial score (nSPS) is 13.1. The van der Waals surface area contributed by atoms with Crippen LogP contribution in [0.15, 0.2) is 200 Å². The molecular weight excluding hydrogens is 707 g/mol. The molecule has 1 aliphatic carbocycles. The molecule has 0 saturated carbocycles. The van der Waals surface area contributed by atoms with Gasteiger partial charge in [-0.15, -0.1) is 0 Å². The highest BCUT2D eigenvalue weighted by atomic mass is 16.5. The van der Waals surface area contributed by atoms with Gasteiger partial charge in [-0.3, -0.25) is 0 Å². The third kappa shape index (κ3) is 4.79. The molecule has 270 valence electrons. The maximum Gasteiger partial charge on any atom is 0.164 e. The van der Waals surface area contributed by atoms with Gasteiger partial charge in [-0.2, -0.15) is 0 Å². The minimum atomic E-state index is -0.589. The van der Waals surface area contributed by atoms with Crippen LogP contribution in [0.3, 0.4) is 0 Å². The fourth-order valence-electron chi connectivity index (χ4n) is 9.44. The minimum absolute atomic E-state index is 0.589. The fraction of sp³-hybridized carbons (Fsp3) is 0.0185. The summed E-state index contributed by atoms with van der Waals surface area (Å²) in [7, 11) is 0. The average molecular weight is 740 g/mol. The number of nitrogens with zero attached hydrogens (tertiary/aromatic N) is 3. The second kappa shape index (κ2) is 12.7. The van der Waals surface area contributed by atoms with Crippen LogP contribution in [0.25, 0.3) is 78.0 Å². The first kappa shape index (κ1) is 32.5. The van der Waals surface area contributed by atoms with Gasteiger partial charge in [0.25, 0.3) is 0 Å². The molecule has 4 nitrogen and oxygen atoms in total. The van der Waals surface area contributed by atoms with Gasteiger partial charge in [0.1, 0.15) is 11.5 Å². The third-order valence-corrected chi connectivity index (χ3v) is 12.0. The summed E-state index contributed by atoms with van der Waals surface area (Å²) in [4.78, 5) is 15.5. The number of para-hydroxylation sites is 2. The average Bonchev–Trinajstić information content (AvgIpc) is 3.59. The Labute approximate surface area is 335 Å². The lowest BCUT2D eigenvalue weighted by Crippen LogP contribution is -2.32. The topological polar surface area (TPSA) is 47.9 Å².